The Labute approximate surface area is 98.3 Å². The first-order valence-electron chi connectivity index (χ1n) is 6.87. The summed E-state index contributed by atoms with van der Waals surface area (Å²) in [6, 6.07) is 0.500. The van der Waals surface area contributed by atoms with Crippen LogP contribution in [0.1, 0.15) is 25.7 Å². The Morgan fingerprint density at radius 3 is 2.31 bits per heavy atom. The van der Waals surface area contributed by atoms with Crippen LogP contribution in [-0.4, -0.2) is 43.8 Å². The molecule has 3 atom stereocenters. The van der Waals surface area contributed by atoms with E-state index in [0.29, 0.717) is 6.04 Å². The van der Waals surface area contributed by atoms with E-state index in [1.165, 1.54) is 45.3 Å². The molecule has 16 heavy (non-hydrogen) atoms. The van der Waals surface area contributed by atoms with Crippen molar-refractivity contribution in [3.63, 3.8) is 0 Å². The average Bonchev–Trinajstić information content (AvgIpc) is 2.76. The minimum absolute atomic E-state index is 0.500. The van der Waals surface area contributed by atoms with Crippen molar-refractivity contribution in [2.75, 3.05) is 32.8 Å². The largest absolute Gasteiger partial charge is 0.381 e. The first-order valence-corrected chi connectivity index (χ1v) is 6.87. The Morgan fingerprint density at radius 2 is 1.69 bits per heavy atom. The van der Waals surface area contributed by atoms with Gasteiger partial charge < -0.3 is 15.4 Å². The van der Waals surface area contributed by atoms with E-state index in [9.17, 15) is 0 Å². The summed E-state index contributed by atoms with van der Waals surface area (Å²) in [6.45, 7) is 5.91. The lowest BCUT2D eigenvalue weighted by molar-refractivity contribution is 0.0545. The van der Waals surface area contributed by atoms with Crippen molar-refractivity contribution in [3.8, 4) is 0 Å². The maximum absolute atomic E-state index is 6.02. The highest BCUT2D eigenvalue weighted by atomic mass is 16.5. The van der Waals surface area contributed by atoms with Crippen LogP contribution in [0.3, 0.4) is 0 Å². The van der Waals surface area contributed by atoms with E-state index in [4.69, 9.17) is 10.5 Å². The molecular weight excluding hydrogens is 200 g/mol. The smallest absolute Gasteiger partial charge is 0.0469 e. The molecular formula is C13H24N2O. The lowest BCUT2D eigenvalue weighted by Crippen LogP contribution is -2.32. The van der Waals surface area contributed by atoms with Gasteiger partial charge in [-0.15, -0.1) is 0 Å². The molecule has 2 N–H and O–H groups in total. The second kappa shape index (κ2) is 4.63. The molecule has 0 bridgehead atoms. The summed E-state index contributed by atoms with van der Waals surface area (Å²) < 4.78 is 5.42. The SMILES string of the molecule is N[C@H]1C[C@@H]2CN(CC3CCOCC3)C[C@@H]2C1. The molecule has 0 unspecified atom stereocenters. The Bertz CT molecular complexity index is 226. The van der Waals surface area contributed by atoms with Crippen LogP contribution in [0.4, 0.5) is 0 Å². The van der Waals surface area contributed by atoms with Gasteiger partial charge in [0, 0.05) is 38.9 Å². The van der Waals surface area contributed by atoms with Gasteiger partial charge in [-0.3, -0.25) is 0 Å². The maximum Gasteiger partial charge on any atom is 0.0469 e. The number of hydrogen-bond donors (Lipinski definition) is 1. The fraction of sp³-hybridized carbons (Fsp3) is 1.00. The van der Waals surface area contributed by atoms with Crippen LogP contribution in [0.2, 0.25) is 0 Å². The molecule has 2 saturated heterocycles. The van der Waals surface area contributed by atoms with E-state index in [2.05, 4.69) is 4.90 Å². The van der Waals surface area contributed by atoms with Gasteiger partial charge in [0.2, 0.25) is 0 Å². The second-order valence-electron chi connectivity index (χ2n) is 6.03. The van der Waals surface area contributed by atoms with E-state index in [0.717, 1.165) is 31.0 Å². The number of nitrogens with zero attached hydrogens (tertiary/aromatic N) is 1. The highest BCUT2D eigenvalue weighted by Gasteiger charge is 2.39. The van der Waals surface area contributed by atoms with Crippen LogP contribution in [0.15, 0.2) is 0 Å². The summed E-state index contributed by atoms with van der Waals surface area (Å²) >= 11 is 0. The molecule has 2 aliphatic heterocycles. The Kier molecular flexibility index (Phi) is 3.18. The van der Waals surface area contributed by atoms with Gasteiger partial charge >= 0.3 is 0 Å². The Balaban J connectivity index is 1.47. The minimum atomic E-state index is 0.500. The van der Waals surface area contributed by atoms with Crippen LogP contribution in [0, 0.1) is 17.8 Å². The Hall–Kier alpha value is -0.120. The normalized spacial score (nSPS) is 41.4. The number of nitrogens with two attached hydrogens (primary N) is 1. The van der Waals surface area contributed by atoms with Gasteiger partial charge in [0.25, 0.3) is 0 Å². The molecule has 3 heteroatoms. The zero-order chi connectivity index (χ0) is 11.0. The molecule has 0 aromatic carbocycles. The Morgan fingerprint density at radius 1 is 1.06 bits per heavy atom. The van der Waals surface area contributed by atoms with Gasteiger partial charge in [-0.25, -0.2) is 0 Å². The van der Waals surface area contributed by atoms with Crippen molar-refractivity contribution in [3.05, 3.63) is 0 Å². The molecule has 0 aromatic rings. The van der Waals surface area contributed by atoms with E-state index in [-0.39, 0.29) is 0 Å². The third kappa shape index (κ3) is 2.27. The fourth-order valence-corrected chi connectivity index (χ4v) is 3.89. The number of hydrogen-bond acceptors (Lipinski definition) is 3. The van der Waals surface area contributed by atoms with Crippen molar-refractivity contribution in [2.45, 2.75) is 31.7 Å². The molecule has 3 rings (SSSR count). The third-order valence-electron chi connectivity index (χ3n) is 4.72. The first kappa shape index (κ1) is 11.0. The quantitative estimate of drug-likeness (QED) is 0.763. The standard InChI is InChI=1S/C13H24N2O/c14-13-5-11-8-15(9-12(11)6-13)7-10-1-3-16-4-2-10/h10-13H,1-9,14H2/t11-,12+,13+. The average molecular weight is 224 g/mol. The van der Waals surface area contributed by atoms with Crippen molar-refractivity contribution in [1.29, 1.82) is 0 Å². The monoisotopic (exact) mass is 224 g/mol. The van der Waals surface area contributed by atoms with E-state index in [1.807, 2.05) is 0 Å². The van der Waals surface area contributed by atoms with Gasteiger partial charge in [0.15, 0.2) is 0 Å². The fourth-order valence-electron chi connectivity index (χ4n) is 3.89. The maximum atomic E-state index is 6.02. The van der Waals surface area contributed by atoms with Crippen LogP contribution in [-0.2, 0) is 4.74 Å². The van der Waals surface area contributed by atoms with Crippen LogP contribution >= 0.6 is 0 Å². The lowest BCUT2D eigenvalue weighted by atomic mass is 10.00. The lowest BCUT2D eigenvalue weighted by Gasteiger charge is -2.27. The highest BCUT2D eigenvalue weighted by molar-refractivity contribution is 4.94. The number of likely N-dealkylation sites (tertiary alicyclic amines) is 1. The minimum Gasteiger partial charge on any atom is -0.381 e. The number of rotatable bonds is 2. The van der Waals surface area contributed by atoms with Crippen molar-refractivity contribution >= 4 is 0 Å². The topological polar surface area (TPSA) is 38.5 Å². The molecule has 92 valence electrons. The number of ether oxygens (including phenoxy) is 1. The van der Waals surface area contributed by atoms with Gasteiger partial charge in [0.1, 0.15) is 0 Å². The molecule has 0 spiro atoms. The van der Waals surface area contributed by atoms with Crippen LogP contribution in [0.25, 0.3) is 0 Å². The van der Waals surface area contributed by atoms with Crippen LogP contribution in [0.5, 0.6) is 0 Å². The highest BCUT2D eigenvalue weighted by Crippen LogP contribution is 2.37. The van der Waals surface area contributed by atoms with Crippen molar-refractivity contribution in [2.24, 2.45) is 23.5 Å². The van der Waals surface area contributed by atoms with E-state index >= 15 is 0 Å². The summed E-state index contributed by atoms with van der Waals surface area (Å²) in [5.41, 5.74) is 6.02. The summed E-state index contributed by atoms with van der Waals surface area (Å²) in [5, 5.41) is 0. The summed E-state index contributed by atoms with van der Waals surface area (Å²) in [5.74, 6) is 2.71. The predicted molar refractivity (Wildman–Crippen MR) is 64.2 cm³/mol. The zero-order valence-electron chi connectivity index (χ0n) is 10.1. The van der Waals surface area contributed by atoms with Crippen LogP contribution < -0.4 is 5.73 Å². The molecule has 1 aliphatic carbocycles. The molecule has 3 fully saturated rings. The van der Waals surface area contributed by atoms with Gasteiger partial charge in [0.05, 0.1) is 0 Å². The molecule has 0 amide bonds. The molecule has 3 aliphatic rings. The molecule has 2 heterocycles. The summed E-state index contributed by atoms with van der Waals surface area (Å²) in [7, 11) is 0. The first-order chi connectivity index (χ1) is 7.81. The zero-order valence-corrected chi connectivity index (χ0v) is 10.1. The number of fused-ring (bicyclic) bond motifs is 1. The molecule has 0 radical (unpaired) electrons. The second-order valence-corrected chi connectivity index (χ2v) is 6.03. The summed E-state index contributed by atoms with van der Waals surface area (Å²) in [6.07, 6.45) is 5.08. The molecule has 0 aromatic heterocycles. The predicted octanol–water partition coefficient (Wildman–Crippen LogP) is 1.08. The van der Waals surface area contributed by atoms with Crippen molar-refractivity contribution in [1.82, 2.24) is 4.90 Å². The van der Waals surface area contributed by atoms with Gasteiger partial charge in [-0.1, -0.05) is 0 Å². The van der Waals surface area contributed by atoms with E-state index in [1.54, 1.807) is 0 Å². The van der Waals surface area contributed by atoms with Crippen molar-refractivity contribution < 1.29 is 4.74 Å². The van der Waals surface area contributed by atoms with E-state index < -0.39 is 0 Å². The van der Waals surface area contributed by atoms with Gasteiger partial charge in [-0.05, 0) is 43.4 Å². The third-order valence-corrected chi connectivity index (χ3v) is 4.72. The van der Waals surface area contributed by atoms with Gasteiger partial charge in [-0.2, -0.15) is 0 Å². The molecule has 3 nitrogen and oxygen atoms in total. The molecule has 1 saturated carbocycles. The summed E-state index contributed by atoms with van der Waals surface area (Å²) in [4.78, 5) is 2.69.